The van der Waals surface area contributed by atoms with Crippen molar-refractivity contribution in [2.24, 2.45) is 0 Å². The van der Waals surface area contributed by atoms with Gasteiger partial charge in [0.1, 0.15) is 50.7 Å². The molecule has 78 heavy (non-hydrogen) atoms. The van der Waals surface area contributed by atoms with Crippen molar-refractivity contribution in [3.05, 3.63) is 0 Å². The van der Waals surface area contributed by atoms with Gasteiger partial charge in [0, 0.05) is 11.1 Å². The van der Waals surface area contributed by atoms with Crippen LogP contribution in [0.1, 0.15) is 0 Å². The normalized spacial score (nSPS) is 11.9. The predicted octanol–water partition coefficient (Wildman–Crippen LogP) is -3.26. The molecule has 0 fully saturated rings. The fourth-order valence-corrected chi connectivity index (χ4v) is 11.0. The second-order valence-electron chi connectivity index (χ2n) is 17.8. The number of aromatic hydroxyl groups is 22. The molecule has 9 aromatic rings. The molecule has 0 saturated heterocycles. The van der Waals surface area contributed by atoms with Crippen molar-refractivity contribution in [3.8, 4) is 206 Å². The molecule has 3 heterocycles. The third-order valence-electron chi connectivity index (χ3n) is 13.7. The zero-order valence-electron chi connectivity index (χ0n) is 39.9. The van der Waals surface area contributed by atoms with Gasteiger partial charge in [0.25, 0.3) is 5.75 Å². The first-order valence-corrected chi connectivity index (χ1v) is 22.8. The van der Waals surface area contributed by atoms with Gasteiger partial charge in [-0.2, -0.15) is 0 Å². The summed E-state index contributed by atoms with van der Waals surface area (Å²) in [4.78, 5) is 24.1. The zero-order chi connectivity index (χ0) is 57.2. The highest BCUT2D eigenvalue weighted by Gasteiger charge is 2.40. The molecule has 8 bridgehead atoms. The summed E-state index contributed by atoms with van der Waals surface area (Å²) in [5.74, 6) is -33.7. The van der Waals surface area contributed by atoms with Gasteiger partial charge < -0.3 is 112 Å². The second kappa shape index (κ2) is 16.6. The van der Waals surface area contributed by atoms with Gasteiger partial charge in [0.05, 0.1) is 59.1 Å². The second-order valence-corrected chi connectivity index (χ2v) is 18.8. The van der Waals surface area contributed by atoms with Crippen LogP contribution in [0.25, 0.3) is 87.7 Å². The summed E-state index contributed by atoms with van der Waals surface area (Å²) in [6, 6.07) is 0. The molecule has 0 atom stereocenters. The Hall–Kier alpha value is -10.7. The Morgan fingerprint density at radius 3 is 1.09 bits per heavy atom. The molecule has 0 saturated carbocycles. The highest BCUT2D eigenvalue weighted by atomic mass is 32.1. The van der Waals surface area contributed by atoms with E-state index in [-0.39, 0.29) is 38.8 Å². The number of rotatable bonds is 3. The van der Waals surface area contributed by atoms with Gasteiger partial charge in [-0.25, -0.2) is 15.0 Å². The lowest BCUT2D eigenvalue weighted by atomic mass is 9.78. The minimum atomic E-state index is -1.64. The van der Waals surface area contributed by atoms with E-state index in [2.05, 4.69) is 15.0 Å². The van der Waals surface area contributed by atoms with Crippen molar-refractivity contribution in [2.75, 3.05) is 0 Å². The van der Waals surface area contributed by atoms with Gasteiger partial charge in [-0.15, -0.1) is 11.3 Å². The summed E-state index contributed by atoms with van der Waals surface area (Å²) >= 11 is 0.273. The smallest absolute Gasteiger partial charge is 0.263 e. The van der Waals surface area contributed by atoms with E-state index in [0.717, 1.165) is 23.5 Å². The first-order valence-electron chi connectivity index (χ1n) is 22.0. The van der Waals surface area contributed by atoms with Gasteiger partial charge in [-0.1, -0.05) is 0 Å². The molecular formula is C45H32B5N3O24S. The van der Waals surface area contributed by atoms with E-state index in [1.807, 2.05) is 0 Å². The van der Waals surface area contributed by atoms with E-state index in [9.17, 15) is 112 Å². The third-order valence-corrected chi connectivity index (χ3v) is 14.9. The number of aromatic nitrogens is 3. The Kier molecular flexibility index (Phi) is 10.8. The molecule has 7 aromatic carbocycles. The SMILES string of the molecule is Bc1c(O)c(B)c(-c2c(O)c(O)c(-c3c(O)c4c(O)c(c3O)-c3c(O)c(O)c(O)c5c3sc3c(c(O)c(O)c(O)c35)-c3nc(nc(-c5c(B)c(O)c(O)c(O)c5O)n3)-c3c(B)c(O)c(O)c(c3B)OO4)c(O)c2O)c(O)c1O. The molecule has 0 radical (unpaired) electrons. The molecule has 2 aromatic heterocycles. The molecule has 1 aliphatic rings. The number of phenolic OH excluding ortho intramolecular Hbond substituents is 22. The zero-order valence-corrected chi connectivity index (χ0v) is 40.7. The quantitative estimate of drug-likeness (QED) is 0.0357. The molecule has 1 aliphatic heterocycles. The van der Waals surface area contributed by atoms with E-state index in [4.69, 9.17) is 9.78 Å². The van der Waals surface area contributed by atoms with Crippen LogP contribution in [0.4, 0.5) is 0 Å². The summed E-state index contributed by atoms with van der Waals surface area (Å²) < 4.78 is -1.23. The first kappa shape index (κ1) is 50.8. The largest absolute Gasteiger partial charge is 0.509 e. The van der Waals surface area contributed by atoms with Crippen LogP contribution in [0.5, 0.6) is 138 Å². The van der Waals surface area contributed by atoms with Gasteiger partial charge in [0.2, 0.25) is 34.5 Å². The number of thiophene rings is 1. The van der Waals surface area contributed by atoms with Crippen LogP contribution in [-0.4, -0.2) is 167 Å². The van der Waals surface area contributed by atoms with Crippen molar-refractivity contribution < 1.29 is 122 Å². The first-order chi connectivity index (χ1) is 36.5. The van der Waals surface area contributed by atoms with Gasteiger partial charge in [-0.3, -0.25) is 9.78 Å². The Bertz CT molecular complexity index is 4240. The summed E-state index contributed by atoms with van der Waals surface area (Å²) in [6.45, 7) is 0. The average molecular weight is 1080 g/mol. The van der Waals surface area contributed by atoms with Crippen LogP contribution >= 0.6 is 11.3 Å². The fourth-order valence-electron chi connectivity index (χ4n) is 9.59. The molecule has 0 aliphatic carbocycles. The van der Waals surface area contributed by atoms with Crippen molar-refractivity contribution in [3.63, 3.8) is 0 Å². The van der Waals surface area contributed by atoms with Crippen molar-refractivity contribution in [1.82, 2.24) is 15.0 Å². The van der Waals surface area contributed by atoms with Gasteiger partial charge in [0.15, 0.2) is 104 Å². The van der Waals surface area contributed by atoms with E-state index in [0.29, 0.717) is 0 Å². The molecule has 392 valence electrons. The lowest BCUT2D eigenvalue weighted by Gasteiger charge is -2.23. The number of fused-ring (bicyclic) bond motifs is 10. The van der Waals surface area contributed by atoms with Crippen molar-refractivity contribution >= 4 is 98.1 Å². The molecule has 0 spiro atoms. The molecule has 33 heteroatoms. The van der Waals surface area contributed by atoms with Crippen LogP contribution in [0, 0.1) is 0 Å². The van der Waals surface area contributed by atoms with Crippen LogP contribution < -0.4 is 37.1 Å². The van der Waals surface area contributed by atoms with E-state index >= 15 is 0 Å². The molecule has 10 rings (SSSR count). The highest BCUT2D eigenvalue weighted by molar-refractivity contribution is 7.27. The summed E-state index contributed by atoms with van der Waals surface area (Å²) in [5.41, 5.74) is -10.5. The lowest BCUT2D eigenvalue weighted by molar-refractivity contribution is -0.104. The summed E-state index contributed by atoms with van der Waals surface area (Å²) in [6.07, 6.45) is 0. The Labute approximate surface area is 439 Å². The maximum Gasteiger partial charge on any atom is 0.263 e. The topological polar surface area (TPSA) is 502 Å². The van der Waals surface area contributed by atoms with Crippen molar-refractivity contribution in [2.45, 2.75) is 0 Å². The van der Waals surface area contributed by atoms with Crippen LogP contribution in [-0.2, 0) is 0 Å². The van der Waals surface area contributed by atoms with Crippen molar-refractivity contribution in [1.29, 1.82) is 0 Å². The Morgan fingerprint density at radius 2 is 0.551 bits per heavy atom. The maximum absolute atomic E-state index is 12.4. The molecule has 0 amide bonds. The monoisotopic (exact) mass is 1090 g/mol. The summed E-state index contributed by atoms with van der Waals surface area (Å²) in [7, 11) is 5.80. The number of phenols is 22. The Balaban J connectivity index is 1.42. The number of hydrogen-bond donors (Lipinski definition) is 22. The minimum Gasteiger partial charge on any atom is -0.509 e. The maximum atomic E-state index is 12.4. The van der Waals surface area contributed by atoms with Crippen LogP contribution in [0.2, 0.25) is 0 Å². The number of hydrogen-bond acceptors (Lipinski definition) is 28. The number of nitrogens with zero attached hydrogens (tertiary/aromatic N) is 3. The van der Waals surface area contributed by atoms with Gasteiger partial charge >= 0.3 is 0 Å². The highest BCUT2D eigenvalue weighted by Crippen LogP contribution is 2.67. The fraction of sp³-hybridized carbons (Fsp3) is 0. The number of benzene rings is 7. The van der Waals surface area contributed by atoms with E-state index in [1.165, 1.54) is 15.7 Å². The third kappa shape index (κ3) is 6.34. The molecular weight excluding hydrogens is 1050 g/mol. The predicted molar refractivity (Wildman–Crippen MR) is 284 cm³/mol. The van der Waals surface area contributed by atoms with Crippen LogP contribution in [0.15, 0.2) is 0 Å². The molecule has 27 nitrogen and oxygen atoms in total. The Morgan fingerprint density at radius 1 is 0.231 bits per heavy atom. The lowest BCUT2D eigenvalue weighted by Crippen LogP contribution is -2.25. The molecule has 0 unspecified atom stereocenters. The average Bonchev–Trinajstić information content (AvgIpc) is 3.98. The summed E-state index contributed by atoms with van der Waals surface area (Å²) in [5, 5.41) is 250. The minimum absolute atomic E-state index is 0.273. The molecule has 22 N–H and O–H groups in total. The van der Waals surface area contributed by atoms with E-state index < -0.39 is 226 Å². The van der Waals surface area contributed by atoms with E-state index in [1.54, 1.807) is 0 Å². The van der Waals surface area contributed by atoms with Crippen LogP contribution in [0.3, 0.4) is 0 Å². The standard InChI is InChI=1S/C45H32B5N3O24S/c46-12-1(18(55)33(70)16(50)30(12)67)2-19(56)21(58)4(22(59)20(2)57)3-17(54)5-6-23(60)34(71)24(61)7-8-25(62)35(72)27(64)11(42(8)78-41(6)7)45-52-43(51-44(53-45)10-14(48)31(68)37(74)36(73)26(10)63)9-13(47)32(69)38(75)39(15(9)49)76-77-40(28(3)65)29(5)66/h54-75H,46-50H2. The van der Waals surface area contributed by atoms with Gasteiger partial charge in [-0.05, 0) is 27.3 Å².